The second-order valence-corrected chi connectivity index (χ2v) is 9.90. The highest BCUT2D eigenvalue weighted by molar-refractivity contribution is 5.36. The molecule has 1 aliphatic carbocycles. The number of hydrogen-bond acceptors (Lipinski definition) is 3. The Balaban J connectivity index is 2.21. The third-order valence-corrected chi connectivity index (χ3v) is 7.36. The van der Waals surface area contributed by atoms with Gasteiger partial charge in [0.05, 0.1) is 13.2 Å². The molecule has 0 heterocycles. The summed E-state index contributed by atoms with van der Waals surface area (Å²) in [6.45, 7) is 8.91. The molecule has 0 spiro atoms. The van der Waals surface area contributed by atoms with Crippen molar-refractivity contribution in [3.05, 3.63) is 0 Å². The van der Waals surface area contributed by atoms with Crippen LogP contribution in [0.5, 0.6) is 0 Å². The molecule has 3 atom stereocenters. The molecule has 0 N–H and O–H groups in total. The Hall–Kier alpha value is -0.570. The maximum absolute atomic E-state index is 10.5. The van der Waals surface area contributed by atoms with Crippen LogP contribution in [-0.2, 0) is 14.3 Å². The minimum Gasteiger partial charge on any atom is -0.468 e. The van der Waals surface area contributed by atoms with Gasteiger partial charge in [-0.1, -0.05) is 104 Å². The van der Waals surface area contributed by atoms with Gasteiger partial charge in [0.25, 0.3) is 6.47 Å². The number of hydrogen-bond donors (Lipinski definition) is 0. The van der Waals surface area contributed by atoms with Crippen molar-refractivity contribution in [1.82, 2.24) is 0 Å². The lowest BCUT2D eigenvalue weighted by atomic mass is 9.75. The Bertz CT molecular complexity index is 376. The van der Waals surface area contributed by atoms with E-state index in [9.17, 15) is 4.79 Å². The zero-order chi connectivity index (χ0) is 21.3. The lowest BCUT2D eigenvalue weighted by Crippen LogP contribution is -2.22. The quantitative estimate of drug-likeness (QED) is 0.174. The SMILES string of the molecule is CCCCCC(C)CCC(CC)CCC1CCC(CC(COC)COC=O)CC1. The predicted octanol–water partition coefficient (Wildman–Crippen LogP) is 7.42. The Morgan fingerprint density at radius 3 is 2.24 bits per heavy atom. The van der Waals surface area contributed by atoms with E-state index in [-0.39, 0.29) is 0 Å². The molecule has 1 aliphatic rings. The fraction of sp³-hybridized carbons (Fsp3) is 0.962. The number of methoxy groups -OCH3 is 1. The van der Waals surface area contributed by atoms with Gasteiger partial charge < -0.3 is 9.47 Å². The average Bonchev–Trinajstić information content (AvgIpc) is 2.73. The Labute approximate surface area is 181 Å². The van der Waals surface area contributed by atoms with Crippen LogP contribution < -0.4 is 0 Å². The number of unbranched alkanes of at least 4 members (excludes halogenated alkanes) is 2. The van der Waals surface area contributed by atoms with Crippen LogP contribution in [0.25, 0.3) is 0 Å². The van der Waals surface area contributed by atoms with Gasteiger partial charge in [-0.25, -0.2) is 0 Å². The largest absolute Gasteiger partial charge is 0.468 e. The normalized spacial score (nSPS) is 22.8. The van der Waals surface area contributed by atoms with Crippen molar-refractivity contribution in [2.45, 2.75) is 111 Å². The molecule has 1 rings (SSSR count). The van der Waals surface area contributed by atoms with Crippen molar-refractivity contribution in [3.8, 4) is 0 Å². The van der Waals surface area contributed by atoms with Crippen LogP contribution in [0.2, 0.25) is 0 Å². The van der Waals surface area contributed by atoms with E-state index in [2.05, 4.69) is 20.8 Å². The highest BCUT2D eigenvalue weighted by atomic mass is 16.5. The molecule has 0 radical (unpaired) electrons. The van der Waals surface area contributed by atoms with E-state index in [1.54, 1.807) is 7.11 Å². The van der Waals surface area contributed by atoms with E-state index in [0.717, 1.165) is 30.1 Å². The standard InChI is InChI=1S/C26H50O3/c1-5-7-8-9-22(3)10-11-23(6-2)12-13-24-14-16-25(17-15-24)18-26(19-28-4)20-29-21-27/h21-26H,5-20H2,1-4H3. The third-order valence-electron chi connectivity index (χ3n) is 7.36. The van der Waals surface area contributed by atoms with Gasteiger partial charge in [0, 0.05) is 13.0 Å². The van der Waals surface area contributed by atoms with Crippen LogP contribution >= 0.6 is 0 Å². The molecular weight excluding hydrogens is 360 g/mol. The maximum Gasteiger partial charge on any atom is 0.293 e. The minimum absolute atomic E-state index is 0.357. The van der Waals surface area contributed by atoms with Gasteiger partial charge in [0.2, 0.25) is 0 Å². The highest BCUT2D eigenvalue weighted by Crippen LogP contribution is 2.36. The molecule has 0 aliphatic heterocycles. The van der Waals surface area contributed by atoms with E-state index in [0.29, 0.717) is 25.6 Å². The summed E-state index contributed by atoms with van der Waals surface area (Å²) < 4.78 is 10.3. The maximum atomic E-state index is 10.5. The summed E-state index contributed by atoms with van der Waals surface area (Å²) in [6.07, 6.45) is 19.3. The number of rotatable bonds is 18. The molecule has 0 aromatic carbocycles. The van der Waals surface area contributed by atoms with Gasteiger partial charge in [-0.05, 0) is 30.1 Å². The second kappa shape index (κ2) is 17.1. The fourth-order valence-electron chi connectivity index (χ4n) is 5.25. The number of carbonyl (C=O) groups is 1. The van der Waals surface area contributed by atoms with Crippen molar-refractivity contribution < 1.29 is 14.3 Å². The van der Waals surface area contributed by atoms with Crippen LogP contribution in [0, 0.1) is 29.6 Å². The van der Waals surface area contributed by atoms with Gasteiger partial charge >= 0.3 is 0 Å². The van der Waals surface area contributed by atoms with Crippen molar-refractivity contribution in [2.75, 3.05) is 20.3 Å². The van der Waals surface area contributed by atoms with E-state index in [4.69, 9.17) is 9.47 Å². The van der Waals surface area contributed by atoms with Gasteiger partial charge in [0.15, 0.2) is 0 Å². The van der Waals surface area contributed by atoms with Crippen LogP contribution in [0.15, 0.2) is 0 Å². The van der Waals surface area contributed by atoms with E-state index in [1.165, 1.54) is 83.5 Å². The Morgan fingerprint density at radius 1 is 0.897 bits per heavy atom. The molecule has 172 valence electrons. The summed E-state index contributed by atoms with van der Waals surface area (Å²) in [6, 6.07) is 0. The molecule has 3 unspecified atom stereocenters. The molecule has 0 saturated heterocycles. The Kier molecular flexibility index (Phi) is 15.6. The topological polar surface area (TPSA) is 35.5 Å². The summed E-state index contributed by atoms with van der Waals surface area (Å²) in [7, 11) is 1.74. The molecule has 3 nitrogen and oxygen atoms in total. The predicted molar refractivity (Wildman–Crippen MR) is 123 cm³/mol. The second-order valence-electron chi connectivity index (χ2n) is 9.90. The van der Waals surface area contributed by atoms with Crippen molar-refractivity contribution in [2.24, 2.45) is 29.6 Å². The van der Waals surface area contributed by atoms with Crippen LogP contribution in [0.4, 0.5) is 0 Å². The van der Waals surface area contributed by atoms with Gasteiger partial charge in [0.1, 0.15) is 0 Å². The van der Waals surface area contributed by atoms with E-state index >= 15 is 0 Å². The molecule has 1 fully saturated rings. The number of ether oxygens (including phenoxy) is 2. The molecule has 0 aromatic heterocycles. The third kappa shape index (κ3) is 12.7. The van der Waals surface area contributed by atoms with Crippen LogP contribution in [-0.4, -0.2) is 26.8 Å². The molecule has 3 heteroatoms. The van der Waals surface area contributed by atoms with Gasteiger partial charge in [-0.15, -0.1) is 0 Å². The lowest BCUT2D eigenvalue weighted by Gasteiger charge is -2.31. The summed E-state index contributed by atoms with van der Waals surface area (Å²) in [5.74, 6) is 3.93. The summed E-state index contributed by atoms with van der Waals surface area (Å²) >= 11 is 0. The molecule has 0 aromatic rings. The van der Waals surface area contributed by atoms with Crippen molar-refractivity contribution in [3.63, 3.8) is 0 Å². The van der Waals surface area contributed by atoms with E-state index < -0.39 is 0 Å². The zero-order valence-corrected chi connectivity index (χ0v) is 20.0. The highest BCUT2D eigenvalue weighted by Gasteiger charge is 2.24. The molecule has 29 heavy (non-hydrogen) atoms. The van der Waals surface area contributed by atoms with Crippen LogP contribution in [0.3, 0.4) is 0 Å². The smallest absolute Gasteiger partial charge is 0.293 e. The first kappa shape index (κ1) is 26.5. The first-order chi connectivity index (χ1) is 14.1. The molecular formula is C26H50O3. The van der Waals surface area contributed by atoms with Gasteiger partial charge in [-0.2, -0.15) is 0 Å². The Morgan fingerprint density at radius 2 is 1.62 bits per heavy atom. The average molecular weight is 411 g/mol. The first-order valence-electron chi connectivity index (χ1n) is 12.7. The zero-order valence-electron chi connectivity index (χ0n) is 20.0. The van der Waals surface area contributed by atoms with Gasteiger partial charge in [-0.3, -0.25) is 4.79 Å². The monoisotopic (exact) mass is 410 g/mol. The molecule has 0 amide bonds. The summed E-state index contributed by atoms with van der Waals surface area (Å²) in [5, 5.41) is 0. The fourth-order valence-corrected chi connectivity index (χ4v) is 5.25. The van der Waals surface area contributed by atoms with Crippen molar-refractivity contribution >= 4 is 6.47 Å². The van der Waals surface area contributed by atoms with Crippen molar-refractivity contribution in [1.29, 1.82) is 0 Å². The first-order valence-corrected chi connectivity index (χ1v) is 12.7. The summed E-state index contributed by atoms with van der Waals surface area (Å²) in [4.78, 5) is 10.5. The summed E-state index contributed by atoms with van der Waals surface area (Å²) in [5.41, 5.74) is 0. The molecule has 1 saturated carbocycles. The molecule has 0 bridgehead atoms. The van der Waals surface area contributed by atoms with E-state index in [1.807, 2.05) is 0 Å². The minimum atomic E-state index is 0.357. The lowest BCUT2D eigenvalue weighted by molar-refractivity contribution is -0.130. The number of carbonyl (C=O) groups excluding carboxylic acids is 1. The van der Waals surface area contributed by atoms with Crippen LogP contribution in [0.1, 0.15) is 111 Å².